The first-order chi connectivity index (χ1) is 16.1. The molecule has 0 fully saturated rings. The smallest absolute Gasteiger partial charge is 0.271 e. The monoisotopic (exact) mass is 514 g/mol. The molecule has 1 aliphatic heterocycles. The molecule has 162 valence electrons. The summed E-state index contributed by atoms with van der Waals surface area (Å²) in [4.78, 5) is 19.4. The Morgan fingerprint density at radius 3 is 2.58 bits per heavy atom. The van der Waals surface area contributed by atoms with Crippen LogP contribution in [0, 0.1) is 0 Å². The van der Waals surface area contributed by atoms with Gasteiger partial charge in [0.15, 0.2) is 4.80 Å². The van der Waals surface area contributed by atoms with Crippen LogP contribution in [-0.2, 0) is 6.42 Å². The fraction of sp³-hybridized carbons (Fsp3) is 0.111. The van der Waals surface area contributed by atoms with E-state index in [1.54, 1.807) is 24.3 Å². The number of benzene rings is 3. The number of allylic oxidation sites excluding steroid dienone is 1. The Hall–Kier alpha value is -3.22. The number of halogens is 1. The average molecular weight is 515 g/mol. The Morgan fingerprint density at radius 2 is 1.76 bits per heavy atom. The van der Waals surface area contributed by atoms with E-state index in [0.29, 0.717) is 14.9 Å². The van der Waals surface area contributed by atoms with Crippen LogP contribution in [0.4, 0.5) is 0 Å². The van der Waals surface area contributed by atoms with Crippen LogP contribution >= 0.6 is 27.3 Å². The zero-order valence-corrected chi connectivity index (χ0v) is 19.9. The van der Waals surface area contributed by atoms with Crippen LogP contribution in [-0.4, -0.2) is 9.67 Å². The van der Waals surface area contributed by atoms with Crippen LogP contribution < -0.4 is 14.9 Å². The molecule has 4 nitrogen and oxygen atoms in total. The van der Waals surface area contributed by atoms with Gasteiger partial charge < -0.3 is 5.11 Å². The van der Waals surface area contributed by atoms with Crippen molar-refractivity contribution in [3.05, 3.63) is 125 Å². The first-order valence-corrected chi connectivity index (χ1v) is 12.4. The van der Waals surface area contributed by atoms with Gasteiger partial charge in [-0.3, -0.25) is 9.36 Å². The summed E-state index contributed by atoms with van der Waals surface area (Å²) in [5.74, 6) is 0.154. The first kappa shape index (κ1) is 20.4. The van der Waals surface area contributed by atoms with Crippen LogP contribution in [0.3, 0.4) is 0 Å². The zero-order valence-electron chi connectivity index (χ0n) is 17.5. The van der Waals surface area contributed by atoms with Crippen molar-refractivity contribution in [3.63, 3.8) is 0 Å². The van der Waals surface area contributed by atoms with Crippen molar-refractivity contribution < 1.29 is 5.11 Å². The van der Waals surface area contributed by atoms with Gasteiger partial charge in [0.05, 0.1) is 16.3 Å². The van der Waals surface area contributed by atoms with Crippen LogP contribution in [0.25, 0.3) is 11.8 Å². The first-order valence-electron chi connectivity index (χ1n) is 10.8. The summed E-state index contributed by atoms with van der Waals surface area (Å²) in [5.41, 5.74) is 6.22. The highest BCUT2D eigenvalue weighted by Crippen LogP contribution is 2.41. The standard InChI is InChI=1S/C27H19BrN2O2S/c28-19-12-9-17(10-13-19)25-21-14-11-16-5-1-3-7-20(16)24(21)29-27-30(25)26(32)23(33-27)15-18-6-2-4-8-22(18)31/h1-10,12-13,15,25,31H,11,14H2/b23-15-/t25-/m0/s1. The van der Waals surface area contributed by atoms with E-state index in [-0.39, 0.29) is 17.4 Å². The van der Waals surface area contributed by atoms with E-state index in [0.717, 1.165) is 34.1 Å². The predicted octanol–water partition coefficient (Wildman–Crippen LogP) is 4.79. The molecule has 0 amide bonds. The lowest BCUT2D eigenvalue weighted by Crippen LogP contribution is -2.38. The number of hydrogen-bond donors (Lipinski definition) is 1. The average Bonchev–Trinajstić information content (AvgIpc) is 3.14. The molecule has 0 bridgehead atoms. The largest absolute Gasteiger partial charge is 0.507 e. The van der Waals surface area contributed by atoms with E-state index >= 15 is 0 Å². The van der Waals surface area contributed by atoms with E-state index < -0.39 is 0 Å². The highest BCUT2D eigenvalue weighted by atomic mass is 79.9. The lowest BCUT2D eigenvalue weighted by molar-refractivity contribution is 0.474. The number of phenols is 1. The topological polar surface area (TPSA) is 54.6 Å². The van der Waals surface area contributed by atoms with Gasteiger partial charge in [-0.25, -0.2) is 4.99 Å². The molecule has 3 aromatic carbocycles. The van der Waals surface area contributed by atoms with E-state index in [1.165, 1.54) is 22.5 Å². The van der Waals surface area contributed by atoms with Crippen molar-refractivity contribution in [1.29, 1.82) is 0 Å². The fourth-order valence-corrected chi connectivity index (χ4v) is 5.97. The lowest BCUT2D eigenvalue weighted by Gasteiger charge is -2.30. The van der Waals surface area contributed by atoms with Gasteiger partial charge in [0.2, 0.25) is 0 Å². The van der Waals surface area contributed by atoms with Gasteiger partial charge >= 0.3 is 0 Å². The molecule has 1 aliphatic carbocycles. The van der Waals surface area contributed by atoms with Crippen LogP contribution in [0.15, 0.2) is 92.6 Å². The number of para-hydroxylation sites is 1. The maximum Gasteiger partial charge on any atom is 0.271 e. The number of rotatable bonds is 2. The maximum absolute atomic E-state index is 13.7. The summed E-state index contributed by atoms with van der Waals surface area (Å²) in [6.45, 7) is 0. The molecule has 0 radical (unpaired) electrons. The van der Waals surface area contributed by atoms with Gasteiger partial charge in [-0.05, 0) is 53.8 Å². The Morgan fingerprint density at radius 1 is 1.00 bits per heavy atom. The number of phenolic OH excluding ortho intramolecular Hbond substituents is 1. The molecule has 33 heavy (non-hydrogen) atoms. The Kier molecular flexibility index (Phi) is 4.93. The maximum atomic E-state index is 13.7. The van der Waals surface area contributed by atoms with Crippen molar-refractivity contribution in [2.24, 2.45) is 4.99 Å². The zero-order chi connectivity index (χ0) is 22.5. The highest BCUT2D eigenvalue weighted by molar-refractivity contribution is 9.10. The number of thiazole rings is 1. The minimum absolute atomic E-state index is 0.0830. The molecular weight excluding hydrogens is 496 g/mol. The van der Waals surface area contributed by atoms with Crippen molar-refractivity contribution in [1.82, 2.24) is 4.57 Å². The molecule has 0 saturated carbocycles. The van der Waals surface area contributed by atoms with Crippen LogP contribution in [0.1, 0.15) is 34.7 Å². The predicted molar refractivity (Wildman–Crippen MR) is 135 cm³/mol. The fourth-order valence-electron chi connectivity index (χ4n) is 4.72. The molecule has 1 atom stereocenters. The molecule has 1 N–H and O–H groups in total. The van der Waals surface area contributed by atoms with Crippen molar-refractivity contribution in [3.8, 4) is 5.75 Å². The number of hydrogen-bond acceptors (Lipinski definition) is 4. The third-order valence-electron chi connectivity index (χ3n) is 6.28. The molecule has 4 aromatic rings. The molecule has 0 spiro atoms. The Labute approximate surface area is 202 Å². The number of nitrogens with zero attached hydrogens (tertiary/aromatic N) is 2. The third kappa shape index (κ3) is 3.41. The minimum Gasteiger partial charge on any atom is -0.507 e. The summed E-state index contributed by atoms with van der Waals surface area (Å²) in [6.07, 6.45) is 3.55. The quantitative estimate of drug-likeness (QED) is 0.418. The van der Waals surface area contributed by atoms with Crippen molar-refractivity contribution in [2.45, 2.75) is 18.9 Å². The Balaban J connectivity index is 1.64. The normalized spacial score (nSPS) is 17.2. The summed E-state index contributed by atoms with van der Waals surface area (Å²) >= 11 is 4.90. The number of fused-ring (bicyclic) bond motifs is 3. The molecule has 6 heteroatoms. The van der Waals surface area contributed by atoms with Crippen LogP contribution in [0.2, 0.25) is 0 Å². The lowest BCUT2D eigenvalue weighted by atomic mass is 9.83. The van der Waals surface area contributed by atoms with Gasteiger partial charge in [0, 0.05) is 15.6 Å². The molecule has 0 saturated heterocycles. The van der Waals surface area contributed by atoms with E-state index in [2.05, 4.69) is 46.3 Å². The molecular formula is C27H19BrN2O2S. The number of aryl methyl sites for hydroxylation is 1. The van der Waals surface area contributed by atoms with Gasteiger partial charge in [-0.2, -0.15) is 0 Å². The summed E-state index contributed by atoms with van der Waals surface area (Å²) in [7, 11) is 0. The van der Waals surface area contributed by atoms with Crippen LogP contribution in [0.5, 0.6) is 5.75 Å². The molecule has 0 unspecified atom stereocenters. The van der Waals surface area contributed by atoms with Gasteiger partial charge in [-0.1, -0.05) is 81.9 Å². The third-order valence-corrected chi connectivity index (χ3v) is 7.79. The second-order valence-electron chi connectivity index (χ2n) is 8.22. The molecule has 1 aromatic heterocycles. The van der Waals surface area contributed by atoms with Gasteiger partial charge in [-0.15, -0.1) is 0 Å². The molecule has 6 rings (SSSR count). The SMILES string of the molecule is O=c1/c(=C/c2ccccc2O)sc2n1[C@@H](c1ccc(Br)cc1)C1=C(N=2)c2ccccc2CC1. The second-order valence-corrected chi connectivity index (χ2v) is 10.1. The number of aromatic nitrogens is 1. The molecule has 2 heterocycles. The van der Waals surface area contributed by atoms with Gasteiger partial charge in [0.25, 0.3) is 5.56 Å². The highest BCUT2D eigenvalue weighted by Gasteiger charge is 2.32. The van der Waals surface area contributed by atoms with E-state index in [4.69, 9.17) is 4.99 Å². The Bertz CT molecular complexity index is 1610. The van der Waals surface area contributed by atoms with E-state index in [1.807, 2.05) is 28.8 Å². The summed E-state index contributed by atoms with van der Waals surface area (Å²) in [6, 6.07) is 23.4. The number of aromatic hydroxyl groups is 1. The van der Waals surface area contributed by atoms with Crippen molar-refractivity contribution >= 4 is 39.0 Å². The summed E-state index contributed by atoms with van der Waals surface area (Å²) in [5, 5.41) is 10.2. The minimum atomic E-state index is -0.204. The second kappa shape index (κ2) is 7.97. The molecule has 2 aliphatic rings. The summed E-state index contributed by atoms with van der Waals surface area (Å²) < 4.78 is 3.39. The van der Waals surface area contributed by atoms with Gasteiger partial charge in [0.1, 0.15) is 5.75 Å². The van der Waals surface area contributed by atoms with E-state index in [9.17, 15) is 9.90 Å². The van der Waals surface area contributed by atoms with Crippen molar-refractivity contribution in [2.75, 3.05) is 0 Å².